The Bertz CT molecular complexity index is 1580. The van der Waals surface area contributed by atoms with E-state index < -0.39 is 28.5 Å². The summed E-state index contributed by atoms with van der Waals surface area (Å²) < 4.78 is 29.1. The zero-order chi connectivity index (χ0) is 32.0. The van der Waals surface area contributed by atoms with Crippen LogP contribution in [0.4, 0.5) is 5.69 Å². The zero-order valence-corrected chi connectivity index (χ0v) is 28.4. The van der Waals surface area contributed by atoms with Gasteiger partial charge in [-0.1, -0.05) is 96.4 Å². The average Bonchev–Trinajstić information content (AvgIpc) is 2.97. The lowest BCUT2D eigenvalue weighted by Crippen LogP contribution is -2.54. The summed E-state index contributed by atoms with van der Waals surface area (Å²) in [6.45, 7) is 3.05. The van der Waals surface area contributed by atoms with E-state index in [-0.39, 0.29) is 39.1 Å². The van der Waals surface area contributed by atoms with Crippen LogP contribution in [0.15, 0.2) is 65.6 Å². The van der Waals surface area contributed by atoms with E-state index in [1.165, 1.54) is 35.2 Å². The number of nitrogens with zero attached hydrogens (tertiary/aromatic N) is 2. The number of sulfonamides is 1. The molecule has 1 N–H and O–H groups in total. The van der Waals surface area contributed by atoms with Crippen molar-refractivity contribution < 1.29 is 18.0 Å². The zero-order valence-electron chi connectivity index (χ0n) is 24.5. The van der Waals surface area contributed by atoms with Crippen LogP contribution < -0.4 is 9.62 Å². The van der Waals surface area contributed by atoms with Crippen molar-refractivity contribution in [3.8, 4) is 0 Å². The van der Waals surface area contributed by atoms with E-state index in [0.29, 0.717) is 22.0 Å². The van der Waals surface area contributed by atoms with Gasteiger partial charge in [0.1, 0.15) is 12.6 Å². The predicted molar refractivity (Wildman–Crippen MR) is 178 cm³/mol. The van der Waals surface area contributed by atoms with E-state index in [1.54, 1.807) is 30.3 Å². The molecule has 1 aliphatic rings. The van der Waals surface area contributed by atoms with E-state index in [9.17, 15) is 18.0 Å². The highest BCUT2D eigenvalue weighted by atomic mass is 35.5. The lowest BCUT2D eigenvalue weighted by molar-refractivity contribution is -0.140. The van der Waals surface area contributed by atoms with Crippen molar-refractivity contribution in [2.75, 3.05) is 10.8 Å². The Morgan fingerprint density at radius 2 is 1.52 bits per heavy atom. The van der Waals surface area contributed by atoms with E-state index in [2.05, 4.69) is 5.32 Å². The van der Waals surface area contributed by atoms with Gasteiger partial charge in [-0.2, -0.15) is 0 Å². The quantitative estimate of drug-likeness (QED) is 0.220. The molecule has 1 atom stereocenters. The fourth-order valence-corrected chi connectivity index (χ4v) is 7.58. The van der Waals surface area contributed by atoms with Gasteiger partial charge in [-0.05, 0) is 74.2 Å². The Morgan fingerprint density at radius 1 is 0.886 bits per heavy atom. The van der Waals surface area contributed by atoms with E-state index in [1.807, 2.05) is 13.8 Å². The molecule has 44 heavy (non-hydrogen) atoms. The van der Waals surface area contributed by atoms with Crippen LogP contribution >= 0.6 is 46.4 Å². The molecule has 0 aliphatic heterocycles. The first kappa shape index (κ1) is 34.4. The van der Waals surface area contributed by atoms with Crippen molar-refractivity contribution in [3.63, 3.8) is 0 Å². The van der Waals surface area contributed by atoms with Gasteiger partial charge in [0, 0.05) is 22.6 Å². The van der Waals surface area contributed by atoms with Crippen molar-refractivity contribution in [3.05, 3.63) is 91.9 Å². The number of amides is 2. The van der Waals surface area contributed by atoms with Crippen LogP contribution in [0.2, 0.25) is 20.1 Å². The second-order valence-electron chi connectivity index (χ2n) is 11.0. The summed E-state index contributed by atoms with van der Waals surface area (Å²) in [4.78, 5) is 29.4. The van der Waals surface area contributed by atoms with Gasteiger partial charge >= 0.3 is 0 Å². The largest absolute Gasteiger partial charge is 0.352 e. The number of nitrogens with one attached hydrogen (secondary N) is 1. The summed E-state index contributed by atoms with van der Waals surface area (Å²) in [5, 5.41) is 4.18. The first-order chi connectivity index (χ1) is 20.9. The molecule has 3 aromatic carbocycles. The first-order valence-corrected chi connectivity index (χ1v) is 17.4. The van der Waals surface area contributed by atoms with Crippen LogP contribution in [0.1, 0.15) is 56.6 Å². The third kappa shape index (κ3) is 8.61. The maximum Gasteiger partial charge on any atom is 0.264 e. The van der Waals surface area contributed by atoms with Crippen molar-refractivity contribution in [2.45, 2.75) is 75.9 Å². The second kappa shape index (κ2) is 15.2. The number of halogens is 4. The number of hydrogen-bond acceptors (Lipinski definition) is 4. The number of carbonyl (C=O) groups is 2. The number of carbonyl (C=O) groups excluding carboxylic acids is 2. The summed E-state index contributed by atoms with van der Waals surface area (Å²) in [5.41, 5.74) is 1.63. The molecule has 1 fully saturated rings. The summed E-state index contributed by atoms with van der Waals surface area (Å²) in [5.74, 6) is -0.875. The molecular formula is C32H35Cl4N3O4S. The molecule has 2 amide bonds. The number of hydrogen-bond donors (Lipinski definition) is 1. The van der Waals surface area contributed by atoms with Gasteiger partial charge in [-0.15, -0.1) is 0 Å². The van der Waals surface area contributed by atoms with Crippen LogP contribution in [0.5, 0.6) is 0 Å². The van der Waals surface area contributed by atoms with Crippen molar-refractivity contribution in [1.29, 1.82) is 0 Å². The van der Waals surface area contributed by atoms with Gasteiger partial charge in [0.05, 0.1) is 20.6 Å². The van der Waals surface area contributed by atoms with E-state index in [4.69, 9.17) is 46.4 Å². The molecule has 0 heterocycles. The number of rotatable bonds is 11. The standard InChI is InChI=1S/C32H35Cl4N3O4S/c1-3-30(32(41)37-25-7-5-4-6-8-25)38(19-22-11-14-28(35)29(36)15-22)31(40)20-39(26-17-23(33)16-24(34)18-26)44(42,43)27-12-9-21(2)10-13-27/h9-18,25,30H,3-8,19-20H2,1-2H3,(H,37,41). The smallest absolute Gasteiger partial charge is 0.264 e. The van der Waals surface area contributed by atoms with E-state index in [0.717, 1.165) is 42.0 Å². The third-order valence-corrected chi connectivity index (χ3v) is 10.7. The van der Waals surface area contributed by atoms with Crippen LogP contribution in [0, 0.1) is 6.92 Å². The highest BCUT2D eigenvalue weighted by Crippen LogP contribution is 2.31. The fraction of sp³-hybridized carbons (Fsp3) is 0.375. The van der Waals surface area contributed by atoms with Crippen LogP contribution in [-0.4, -0.2) is 43.8 Å². The average molecular weight is 700 g/mol. The summed E-state index contributed by atoms with van der Waals surface area (Å²) in [6.07, 6.45) is 5.25. The van der Waals surface area contributed by atoms with Crippen molar-refractivity contribution in [1.82, 2.24) is 10.2 Å². The Hall–Kier alpha value is -2.49. The van der Waals surface area contributed by atoms with Gasteiger partial charge in [-0.3, -0.25) is 13.9 Å². The minimum atomic E-state index is -4.26. The molecule has 4 rings (SSSR count). The Balaban J connectivity index is 1.74. The summed E-state index contributed by atoms with van der Waals surface area (Å²) >= 11 is 25.0. The normalized spacial score (nSPS) is 14.6. The van der Waals surface area contributed by atoms with Crippen LogP contribution in [-0.2, 0) is 26.2 Å². The fourth-order valence-electron chi connectivity index (χ4n) is 5.35. The lowest BCUT2D eigenvalue weighted by Gasteiger charge is -2.34. The summed E-state index contributed by atoms with van der Waals surface area (Å²) in [7, 11) is -4.26. The summed E-state index contributed by atoms with van der Waals surface area (Å²) in [6, 6.07) is 14.8. The molecule has 1 aliphatic carbocycles. The number of benzene rings is 3. The Morgan fingerprint density at radius 3 is 2.11 bits per heavy atom. The SMILES string of the molecule is CCC(C(=O)NC1CCCCC1)N(Cc1ccc(Cl)c(Cl)c1)C(=O)CN(c1cc(Cl)cc(Cl)c1)S(=O)(=O)c1ccc(C)cc1. The topological polar surface area (TPSA) is 86.8 Å². The maximum absolute atomic E-state index is 14.3. The highest BCUT2D eigenvalue weighted by molar-refractivity contribution is 7.92. The molecule has 0 radical (unpaired) electrons. The minimum absolute atomic E-state index is 0.00103. The number of aryl methyl sites for hydroxylation is 1. The van der Waals surface area contributed by atoms with Crippen LogP contribution in [0.3, 0.4) is 0 Å². The van der Waals surface area contributed by atoms with Gasteiger partial charge in [0.15, 0.2) is 0 Å². The third-order valence-electron chi connectivity index (χ3n) is 7.70. The van der Waals surface area contributed by atoms with Crippen molar-refractivity contribution in [2.24, 2.45) is 0 Å². The molecule has 0 aromatic heterocycles. The molecule has 3 aromatic rings. The van der Waals surface area contributed by atoms with Gasteiger partial charge < -0.3 is 10.2 Å². The van der Waals surface area contributed by atoms with Gasteiger partial charge in [0.2, 0.25) is 11.8 Å². The monoisotopic (exact) mass is 697 g/mol. The predicted octanol–water partition coefficient (Wildman–Crippen LogP) is 8.06. The maximum atomic E-state index is 14.3. The molecule has 1 unspecified atom stereocenters. The molecular weight excluding hydrogens is 664 g/mol. The van der Waals surface area contributed by atoms with Crippen LogP contribution in [0.25, 0.3) is 0 Å². The molecule has 0 spiro atoms. The first-order valence-electron chi connectivity index (χ1n) is 14.5. The Labute approximate surface area is 279 Å². The van der Waals surface area contributed by atoms with Gasteiger partial charge in [0.25, 0.3) is 10.0 Å². The molecule has 236 valence electrons. The Kier molecular flexibility index (Phi) is 11.9. The van der Waals surface area contributed by atoms with E-state index >= 15 is 0 Å². The molecule has 7 nitrogen and oxygen atoms in total. The lowest BCUT2D eigenvalue weighted by atomic mass is 9.95. The molecule has 1 saturated carbocycles. The second-order valence-corrected chi connectivity index (χ2v) is 14.5. The number of anilines is 1. The minimum Gasteiger partial charge on any atom is -0.352 e. The van der Waals surface area contributed by atoms with Crippen molar-refractivity contribution >= 4 is 73.9 Å². The molecule has 0 saturated heterocycles. The molecule has 12 heteroatoms. The van der Waals surface area contributed by atoms with Gasteiger partial charge in [-0.25, -0.2) is 8.42 Å². The highest BCUT2D eigenvalue weighted by Gasteiger charge is 2.34. The molecule has 0 bridgehead atoms.